The van der Waals surface area contributed by atoms with Crippen molar-refractivity contribution in [1.29, 1.82) is 0 Å². The third kappa shape index (κ3) is 5.36. The van der Waals surface area contributed by atoms with Gasteiger partial charge in [0.1, 0.15) is 24.4 Å². The molecule has 0 fully saturated rings. The Labute approximate surface area is 103 Å². The summed E-state index contributed by atoms with van der Waals surface area (Å²) in [7, 11) is 0. The van der Waals surface area contributed by atoms with Crippen molar-refractivity contribution in [3.05, 3.63) is 0 Å². The van der Waals surface area contributed by atoms with Gasteiger partial charge in [0.2, 0.25) is 0 Å². The molecule has 0 aliphatic heterocycles. The summed E-state index contributed by atoms with van der Waals surface area (Å²) < 4.78 is 0. The molecule has 0 aromatic carbocycles. The van der Waals surface area contributed by atoms with Crippen molar-refractivity contribution in [3.63, 3.8) is 0 Å². The number of aliphatic hydroxyl groups is 5. The van der Waals surface area contributed by atoms with Gasteiger partial charge in [-0.15, -0.1) is 0 Å². The molecule has 0 heterocycles. The van der Waals surface area contributed by atoms with E-state index in [2.05, 4.69) is 12.2 Å². The van der Waals surface area contributed by atoms with Crippen molar-refractivity contribution < 1.29 is 25.5 Å². The Balaban J connectivity index is 0. The third-order valence-corrected chi connectivity index (χ3v) is 1.70. The average molecular weight is 220 g/mol. The van der Waals surface area contributed by atoms with Gasteiger partial charge >= 0.3 is 29.6 Å². The number of rotatable bonds is 5. The average Bonchev–Trinajstić information content (AvgIpc) is 2.12. The molecule has 0 aliphatic rings. The van der Waals surface area contributed by atoms with Gasteiger partial charge < -0.3 is 25.5 Å². The zero-order chi connectivity index (χ0) is 9.72. The molecule has 7 heteroatoms. The molecule has 0 saturated carbocycles. The Morgan fingerprint density at radius 3 is 1.85 bits per heavy atom. The van der Waals surface area contributed by atoms with Crippen molar-refractivity contribution in [2.75, 3.05) is 6.61 Å². The molecule has 5 N–H and O–H groups in total. The molecule has 4 atom stereocenters. The molecule has 0 spiro atoms. The first-order chi connectivity index (χ1) is 5.54. The minimum atomic E-state index is -1.61. The van der Waals surface area contributed by atoms with Gasteiger partial charge in [-0.25, -0.2) is 0 Å². The summed E-state index contributed by atoms with van der Waals surface area (Å²) in [6.45, 7) is -0.692. The van der Waals surface area contributed by atoms with E-state index in [9.17, 15) is 0 Å². The van der Waals surface area contributed by atoms with E-state index in [1.165, 1.54) is 0 Å². The van der Waals surface area contributed by atoms with E-state index < -0.39 is 31.0 Å². The minimum absolute atomic E-state index is 0. The maximum absolute atomic E-state index is 9.02. The zero-order valence-corrected chi connectivity index (χ0v) is 7.05. The van der Waals surface area contributed by atoms with E-state index in [0.29, 0.717) is 0 Å². The SMILES string of the molecule is OC[C@@H](O)[C@H](O)[C@H](O)[C@@H](O)C=S.[NaH]. The van der Waals surface area contributed by atoms with Crippen LogP contribution in [0.1, 0.15) is 0 Å². The first kappa shape index (κ1) is 16.3. The van der Waals surface area contributed by atoms with Crippen molar-refractivity contribution in [3.8, 4) is 0 Å². The van der Waals surface area contributed by atoms with E-state index in [-0.39, 0.29) is 29.6 Å². The molecular formula is C6H13NaO5S. The monoisotopic (exact) mass is 220 g/mol. The molecule has 0 amide bonds. The Morgan fingerprint density at radius 1 is 1.08 bits per heavy atom. The predicted octanol–water partition coefficient (Wildman–Crippen LogP) is -3.23. The van der Waals surface area contributed by atoms with Gasteiger partial charge in [-0.3, -0.25) is 0 Å². The predicted molar refractivity (Wildman–Crippen MR) is 51.9 cm³/mol. The van der Waals surface area contributed by atoms with E-state index in [1.807, 2.05) is 0 Å². The molecule has 74 valence electrons. The topological polar surface area (TPSA) is 101 Å². The van der Waals surface area contributed by atoms with Crippen LogP contribution in [0.3, 0.4) is 0 Å². The summed E-state index contributed by atoms with van der Waals surface area (Å²) in [4.78, 5) is 0. The van der Waals surface area contributed by atoms with Crippen LogP contribution in [0, 0.1) is 0 Å². The first-order valence-corrected chi connectivity index (χ1v) is 3.80. The summed E-state index contributed by atoms with van der Waals surface area (Å²) in [5.41, 5.74) is 0. The van der Waals surface area contributed by atoms with Crippen LogP contribution < -0.4 is 0 Å². The second kappa shape index (κ2) is 8.22. The second-order valence-electron chi connectivity index (χ2n) is 2.36. The normalized spacial score (nSPS) is 19.5. The molecule has 5 nitrogen and oxygen atoms in total. The summed E-state index contributed by atoms with van der Waals surface area (Å²) >= 11 is 4.30. The fourth-order valence-corrected chi connectivity index (χ4v) is 0.779. The van der Waals surface area contributed by atoms with Gasteiger partial charge in [0, 0.05) is 5.37 Å². The summed E-state index contributed by atoms with van der Waals surface area (Å²) in [6.07, 6.45) is -6.06. The molecule has 13 heavy (non-hydrogen) atoms. The fraction of sp³-hybridized carbons (Fsp3) is 0.833. The molecule has 0 bridgehead atoms. The van der Waals surface area contributed by atoms with E-state index >= 15 is 0 Å². The van der Waals surface area contributed by atoms with Crippen LogP contribution in [-0.4, -0.2) is 91.5 Å². The van der Waals surface area contributed by atoms with Gasteiger partial charge in [0.05, 0.1) is 6.61 Å². The van der Waals surface area contributed by atoms with Crippen LogP contribution in [0.25, 0.3) is 0 Å². The molecular weight excluding hydrogens is 207 g/mol. The zero-order valence-electron chi connectivity index (χ0n) is 6.24. The second-order valence-corrected chi connectivity index (χ2v) is 2.63. The van der Waals surface area contributed by atoms with Crippen molar-refractivity contribution >= 4 is 47.1 Å². The number of hydrogen-bond donors (Lipinski definition) is 5. The standard InChI is InChI=1S/C6H12O5S.Na.H/c7-1-3(8)5(10)6(11)4(9)2-12;;/h2-11H,1H2;;/t3-,4+,5+,6-;;/m1../s1. The van der Waals surface area contributed by atoms with Gasteiger partial charge in [-0.05, 0) is 0 Å². The molecule has 0 aromatic rings. The number of thiocarbonyl (C=S) groups is 1. The Bertz CT molecular complexity index is 147. The molecule has 0 unspecified atom stereocenters. The molecule has 0 radical (unpaired) electrons. The maximum atomic E-state index is 9.02. The van der Waals surface area contributed by atoms with Crippen LogP contribution in [0.15, 0.2) is 0 Å². The third-order valence-electron chi connectivity index (χ3n) is 1.42. The van der Waals surface area contributed by atoms with Gasteiger partial charge in [0.25, 0.3) is 0 Å². The molecule has 0 aromatic heterocycles. The number of hydrogen-bond acceptors (Lipinski definition) is 6. The van der Waals surface area contributed by atoms with Crippen LogP contribution in [0.2, 0.25) is 0 Å². The van der Waals surface area contributed by atoms with Crippen LogP contribution in [0.4, 0.5) is 0 Å². The summed E-state index contributed by atoms with van der Waals surface area (Å²) in [5.74, 6) is 0. The number of aliphatic hydroxyl groups excluding tert-OH is 5. The Kier molecular flexibility index (Phi) is 10.3. The molecule has 0 rings (SSSR count). The van der Waals surface area contributed by atoms with Crippen molar-refractivity contribution in [2.45, 2.75) is 24.4 Å². The first-order valence-electron chi connectivity index (χ1n) is 3.33. The summed E-state index contributed by atoms with van der Waals surface area (Å²) in [6, 6.07) is 0. The molecule has 0 saturated heterocycles. The van der Waals surface area contributed by atoms with Crippen LogP contribution >= 0.6 is 12.2 Å². The van der Waals surface area contributed by atoms with Gasteiger partial charge in [-0.2, -0.15) is 0 Å². The van der Waals surface area contributed by atoms with Crippen molar-refractivity contribution in [1.82, 2.24) is 0 Å². The molecule has 0 aliphatic carbocycles. The summed E-state index contributed by atoms with van der Waals surface area (Å²) in [5, 5.41) is 44.9. The van der Waals surface area contributed by atoms with E-state index in [4.69, 9.17) is 25.5 Å². The Morgan fingerprint density at radius 2 is 1.54 bits per heavy atom. The van der Waals surface area contributed by atoms with Gasteiger partial charge in [-0.1, -0.05) is 12.2 Å². The van der Waals surface area contributed by atoms with Crippen LogP contribution in [0.5, 0.6) is 0 Å². The fourth-order valence-electron chi connectivity index (χ4n) is 0.618. The quantitative estimate of drug-likeness (QED) is 0.247. The van der Waals surface area contributed by atoms with Gasteiger partial charge in [0.15, 0.2) is 0 Å². The Hall–Kier alpha value is 0.890. The van der Waals surface area contributed by atoms with E-state index in [0.717, 1.165) is 5.37 Å². The van der Waals surface area contributed by atoms with E-state index in [1.54, 1.807) is 0 Å². The van der Waals surface area contributed by atoms with Crippen molar-refractivity contribution in [2.24, 2.45) is 0 Å². The van der Waals surface area contributed by atoms with Crippen LogP contribution in [-0.2, 0) is 0 Å².